The van der Waals surface area contributed by atoms with Gasteiger partial charge in [-0.25, -0.2) is 4.68 Å². The van der Waals surface area contributed by atoms with Crippen molar-refractivity contribution in [1.29, 1.82) is 0 Å². The van der Waals surface area contributed by atoms with Crippen LogP contribution < -0.4 is 10.6 Å². The van der Waals surface area contributed by atoms with Gasteiger partial charge in [0.25, 0.3) is 0 Å². The molecule has 0 spiro atoms. The summed E-state index contributed by atoms with van der Waals surface area (Å²) in [6.45, 7) is 10.0. The summed E-state index contributed by atoms with van der Waals surface area (Å²) in [5, 5.41) is 19.3. The van der Waals surface area contributed by atoms with Crippen LogP contribution in [-0.2, 0) is 4.79 Å². The molecule has 0 aliphatic rings. The number of benzene rings is 1. The molecule has 0 aliphatic carbocycles. The van der Waals surface area contributed by atoms with Crippen molar-refractivity contribution in [2.24, 2.45) is 0 Å². The molecule has 0 radical (unpaired) electrons. The smallest absolute Gasteiger partial charge is 0.238 e. The maximum atomic E-state index is 12.5. The predicted octanol–water partition coefficient (Wildman–Crippen LogP) is 4.80. The predicted molar refractivity (Wildman–Crippen MR) is 116 cm³/mol. The van der Waals surface area contributed by atoms with Crippen LogP contribution >= 0.6 is 23.1 Å². The van der Waals surface area contributed by atoms with E-state index < -0.39 is 0 Å². The normalized spacial score (nSPS) is 12.2. The van der Waals surface area contributed by atoms with Crippen LogP contribution in [0.1, 0.15) is 37.9 Å². The summed E-state index contributed by atoms with van der Waals surface area (Å²) in [6.07, 6.45) is 1.68. The second-order valence-corrected chi connectivity index (χ2v) is 9.32. The zero-order chi connectivity index (χ0) is 20.3. The third-order valence-electron chi connectivity index (χ3n) is 4.31. The molecule has 0 unspecified atom stereocenters. The minimum atomic E-state index is -0.308. The topological polar surface area (TPSA) is 84.7 Å². The Morgan fingerprint density at radius 2 is 1.96 bits per heavy atom. The van der Waals surface area contributed by atoms with Gasteiger partial charge in [0, 0.05) is 17.8 Å². The van der Waals surface area contributed by atoms with Crippen molar-refractivity contribution in [1.82, 2.24) is 20.0 Å². The number of nitrogens with one attached hydrogen (secondary N) is 2. The number of carbonyl (C=O) groups excluding carboxylic acids is 1. The zero-order valence-corrected chi connectivity index (χ0v) is 18.2. The molecule has 148 valence electrons. The van der Waals surface area contributed by atoms with Crippen LogP contribution in [0.2, 0.25) is 0 Å². The van der Waals surface area contributed by atoms with E-state index in [-0.39, 0.29) is 17.2 Å². The van der Waals surface area contributed by atoms with Gasteiger partial charge in [0.1, 0.15) is 5.82 Å². The largest absolute Gasteiger partial charge is 0.330 e. The quantitative estimate of drug-likeness (QED) is 0.539. The highest BCUT2D eigenvalue weighted by Gasteiger charge is 2.19. The summed E-state index contributed by atoms with van der Waals surface area (Å²) in [5.41, 5.74) is 3.41. The van der Waals surface area contributed by atoms with Crippen LogP contribution in [0.3, 0.4) is 0 Å². The molecule has 1 amide bonds. The second kappa shape index (κ2) is 8.74. The Bertz CT molecular complexity index is 965. The lowest BCUT2D eigenvalue weighted by Gasteiger charge is -2.14. The van der Waals surface area contributed by atoms with E-state index in [0.29, 0.717) is 10.9 Å². The van der Waals surface area contributed by atoms with Crippen molar-refractivity contribution in [2.45, 2.75) is 50.3 Å². The van der Waals surface area contributed by atoms with E-state index in [1.165, 1.54) is 34.2 Å². The molecule has 0 saturated heterocycles. The van der Waals surface area contributed by atoms with Crippen LogP contribution in [0.15, 0.2) is 34.8 Å². The van der Waals surface area contributed by atoms with E-state index in [1.807, 2.05) is 32.9 Å². The maximum Gasteiger partial charge on any atom is 0.238 e. The van der Waals surface area contributed by atoms with Gasteiger partial charge in [-0.15, -0.1) is 10.2 Å². The Hall–Kier alpha value is -2.39. The van der Waals surface area contributed by atoms with Gasteiger partial charge < -0.3 is 10.6 Å². The molecule has 0 bridgehead atoms. The van der Waals surface area contributed by atoms with E-state index in [2.05, 4.69) is 45.8 Å². The van der Waals surface area contributed by atoms with Gasteiger partial charge in [0.2, 0.25) is 11.0 Å². The summed E-state index contributed by atoms with van der Waals surface area (Å²) in [6, 6.07) is 8.08. The van der Waals surface area contributed by atoms with Gasteiger partial charge in [-0.2, -0.15) is 5.10 Å². The van der Waals surface area contributed by atoms with Gasteiger partial charge in [-0.1, -0.05) is 35.2 Å². The van der Waals surface area contributed by atoms with Crippen LogP contribution in [0.25, 0.3) is 0 Å². The molecular weight excluding hydrogens is 392 g/mol. The number of carbonyl (C=O) groups is 1. The average Bonchev–Trinajstić information content (AvgIpc) is 3.28. The average molecular weight is 417 g/mol. The monoisotopic (exact) mass is 416 g/mol. The summed E-state index contributed by atoms with van der Waals surface area (Å²) in [4.78, 5) is 12.5. The Kier molecular flexibility index (Phi) is 6.35. The first-order chi connectivity index (χ1) is 13.3. The molecule has 9 heteroatoms. The van der Waals surface area contributed by atoms with Crippen LogP contribution in [0, 0.1) is 13.8 Å². The van der Waals surface area contributed by atoms with Crippen LogP contribution in [0.4, 0.5) is 16.6 Å². The van der Waals surface area contributed by atoms with Gasteiger partial charge >= 0.3 is 0 Å². The number of amides is 1. The third-order valence-corrected chi connectivity index (χ3v) is 6.33. The van der Waals surface area contributed by atoms with Gasteiger partial charge in [-0.3, -0.25) is 4.79 Å². The van der Waals surface area contributed by atoms with Crippen molar-refractivity contribution in [3.05, 3.63) is 41.6 Å². The van der Waals surface area contributed by atoms with Crippen LogP contribution in [0.5, 0.6) is 0 Å². The number of aryl methyl sites for hydroxylation is 1. The fraction of sp³-hybridized carbons (Fsp3) is 0.368. The SMILES string of the molecule is Cc1cccc(Nc2nnc(S[C@H](C)C(=O)Nc3ccnn3C(C)C)s2)c1C. The second-order valence-electron chi connectivity index (χ2n) is 6.75. The van der Waals surface area contributed by atoms with E-state index in [0.717, 1.165) is 10.0 Å². The Morgan fingerprint density at radius 1 is 1.18 bits per heavy atom. The lowest BCUT2D eigenvalue weighted by molar-refractivity contribution is -0.115. The highest BCUT2D eigenvalue weighted by Crippen LogP contribution is 2.32. The lowest BCUT2D eigenvalue weighted by Crippen LogP contribution is -2.24. The lowest BCUT2D eigenvalue weighted by atomic mass is 10.1. The van der Waals surface area contributed by atoms with Crippen molar-refractivity contribution in [2.75, 3.05) is 10.6 Å². The number of hydrogen-bond donors (Lipinski definition) is 2. The van der Waals surface area contributed by atoms with Crippen molar-refractivity contribution in [3.63, 3.8) is 0 Å². The van der Waals surface area contributed by atoms with Gasteiger partial charge in [0.05, 0.1) is 11.4 Å². The summed E-state index contributed by atoms with van der Waals surface area (Å²) in [5.74, 6) is 0.605. The Labute approximate surface area is 173 Å². The highest BCUT2D eigenvalue weighted by molar-refractivity contribution is 8.02. The Morgan fingerprint density at radius 3 is 2.71 bits per heavy atom. The minimum absolute atomic E-state index is 0.0911. The molecule has 7 nitrogen and oxygen atoms in total. The molecule has 3 aromatic rings. The summed E-state index contributed by atoms with van der Waals surface area (Å²) < 4.78 is 2.53. The van der Waals surface area contributed by atoms with Gasteiger partial charge in [0.15, 0.2) is 4.34 Å². The van der Waals surface area contributed by atoms with E-state index in [4.69, 9.17) is 0 Å². The number of nitrogens with zero attached hydrogens (tertiary/aromatic N) is 4. The maximum absolute atomic E-state index is 12.5. The molecule has 2 heterocycles. The molecule has 0 saturated carbocycles. The molecule has 2 N–H and O–H groups in total. The van der Waals surface area contributed by atoms with Crippen molar-refractivity contribution in [3.8, 4) is 0 Å². The number of anilines is 3. The number of hydrogen-bond acceptors (Lipinski definition) is 7. The molecule has 3 rings (SSSR count). The number of rotatable bonds is 7. The molecule has 1 atom stereocenters. The molecule has 2 aromatic heterocycles. The fourth-order valence-corrected chi connectivity index (χ4v) is 4.48. The van der Waals surface area contributed by atoms with E-state index in [1.54, 1.807) is 16.9 Å². The minimum Gasteiger partial charge on any atom is -0.330 e. The first kappa shape index (κ1) is 20.3. The van der Waals surface area contributed by atoms with Crippen molar-refractivity contribution < 1.29 is 4.79 Å². The van der Waals surface area contributed by atoms with E-state index >= 15 is 0 Å². The molecule has 0 fully saturated rings. The zero-order valence-electron chi connectivity index (χ0n) is 16.6. The van der Waals surface area contributed by atoms with Gasteiger partial charge in [-0.05, 0) is 51.8 Å². The number of aromatic nitrogens is 4. The molecule has 1 aromatic carbocycles. The first-order valence-electron chi connectivity index (χ1n) is 9.03. The first-order valence-corrected chi connectivity index (χ1v) is 10.7. The standard InChI is InChI=1S/C19H24N6OS2/c1-11(2)25-16(9-10-20-25)22-17(26)14(5)27-19-24-23-18(28-19)21-15-8-6-7-12(3)13(15)4/h6-11,14H,1-5H3,(H,21,23)(H,22,26)/t14-/m1/s1. The van der Waals surface area contributed by atoms with Crippen LogP contribution in [-0.4, -0.2) is 31.1 Å². The molecule has 0 aliphatic heterocycles. The third kappa shape index (κ3) is 4.71. The summed E-state index contributed by atoms with van der Waals surface area (Å²) in [7, 11) is 0. The Balaban J connectivity index is 1.61. The fourth-order valence-electron chi connectivity index (χ4n) is 2.57. The van der Waals surface area contributed by atoms with E-state index in [9.17, 15) is 4.79 Å². The summed E-state index contributed by atoms with van der Waals surface area (Å²) >= 11 is 2.83. The molecular formula is C19H24N6OS2. The van der Waals surface area contributed by atoms with Crippen molar-refractivity contribution >= 4 is 45.6 Å². The highest BCUT2D eigenvalue weighted by atomic mass is 32.2. The number of thioether (sulfide) groups is 1. The molecule has 28 heavy (non-hydrogen) atoms.